The Morgan fingerprint density at radius 2 is 1.35 bits per heavy atom. The van der Waals surface area contributed by atoms with Crippen LogP contribution < -0.4 is 5.14 Å². The van der Waals surface area contributed by atoms with E-state index >= 15 is 0 Å². The number of halogens is 3. The van der Waals surface area contributed by atoms with Crippen molar-refractivity contribution >= 4 is 10.0 Å². The molecule has 26 heavy (non-hydrogen) atoms. The fraction of sp³-hybridized carbons (Fsp3) is 0.0526. The maximum atomic E-state index is 12.8. The van der Waals surface area contributed by atoms with Gasteiger partial charge >= 0.3 is 6.18 Å². The minimum atomic E-state index is -4.44. The molecule has 3 aromatic carbocycles. The van der Waals surface area contributed by atoms with E-state index in [-0.39, 0.29) is 4.90 Å². The normalized spacial score (nSPS) is 12.2. The molecule has 2 N–H and O–H groups in total. The second-order valence-electron chi connectivity index (χ2n) is 5.66. The molecule has 0 radical (unpaired) electrons. The number of hydrogen-bond donors (Lipinski definition) is 1. The Balaban J connectivity index is 2.26. The average Bonchev–Trinajstić information content (AvgIpc) is 2.60. The van der Waals surface area contributed by atoms with Crippen LogP contribution in [0.2, 0.25) is 0 Å². The molecule has 0 bridgehead atoms. The molecule has 0 aromatic heterocycles. The van der Waals surface area contributed by atoms with E-state index in [1.807, 2.05) is 0 Å². The van der Waals surface area contributed by atoms with Crippen LogP contribution in [-0.4, -0.2) is 8.42 Å². The Labute approximate surface area is 149 Å². The van der Waals surface area contributed by atoms with Crippen LogP contribution in [0.3, 0.4) is 0 Å². The van der Waals surface area contributed by atoms with Gasteiger partial charge in [0.1, 0.15) is 0 Å². The van der Waals surface area contributed by atoms with Gasteiger partial charge in [-0.2, -0.15) is 13.2 Å². The lowest BCUT2D eigenvalue weighted by Gasteiger charge is -2.15. The van der Waals surface area contributed by atoms with E-state index in [1.54, 1.807) is 36.4 Å². The molecular formula is C19H14F3NO2S. The van der Waals surface area contributed by atoms with Gasteiger partial charge < -0.3 is 0 Å². The summed E-state index contributed by atoms with van der Waals surface area (Å²) in [6, 6.07) is 17.8. The minimum absolute atomic E-state index is 0.0823. The molecule has 0 unspecified atom stereocenters. The van der Waals surface area contributed by atoms with Gasteiger partial charge in [0, 0.05) is 5.56 Å². The van der Waals surface area contributed by atoms with Gasteiger partial charge in [-0.1, -0.05) is 54.6 Å². The van der Waals surface area contributed by atoms with Gasteiger partial charge in [-0.05, 0) is 34.9 Å². The number of nitrogens with two attached hydrogens (primary N) is 1. The molecule has 0 amide bonds. The molecule has 0 saturated carbocycles. The van der Waals surface area contributed by atoms with Crippen molar-refractivity contribution < 1.29 is 21.6 Å². The van der Waals surface area contributed by atoms with Gasteiger partial charge in [-0.25, -0.2) is 13.6 Å². The predicted molar refractivity (Wildman–Crippen MR) is 93.7 cm³/mol. The van der Waals surface area contributed by atoms with Crippen LogP contribution in [0.5, 0.6) is 0 Å². The Hall–Kier alpha value is -2.64. The van der Waals surface area contributed by atoms with Gasteiger partial charge in [0.2, 0.25) is 10.0 Å². The quantitative estimate of drug-likeness (QED) is 0.720. The van der Waals surface area contributed by atoms with E-state index < -0.39 is 21.8 Å². The Morgan fingerprint density at radius 1 is 0.731 bits per heavy atom. The summed E-state index contributed by atoms with van der Waals surface area (Å²) in [5.41, 5.74) is 1.13. The Morgan fingerprint density at radius 3 is 1.88 bits per heavy atom. The smallest absolute Gasteiger partial charge is 0.225 e. The predicted octanol–water partition coefficient (Wildman–Crippen LogP) is 4.69. The molecule has 0 fully saturated rings. The van der Waals surface area contributed by atoms with Crippen molar-refractivity contribution in [1.29, 1.82) is 0 Å². The highest BCUT2D eigenvalue weighted by Gasteiger charge is 2.30. The maximum Gasteiger partial charge on any atom is 0.416 e. The van der Waals surface area contributed by atoms with Crippen molar-refractivity contribution in [2.24, 2.45) is 5.14 Å². The molecule has 0 saturated heterocycles. The van der Waals surface area contributed by atoms with Gasteiger partial charge in [-0.15, -0.1) is 0 Å². The highest BCUT2D eigenvalue weighted by atomic mass is 32.2. The maximum absolute atomic E-state index is 12.8. The first-order chi connectivity index (χ1) is 12.2. The topological polar surface area (TPSA) is 60.2 Å². The Bertz CT molecular complexity index is 1030. The second kappa shape index (κ2) is 6.59. The lowest BCUT2D eigenvalue weighted by Crippen LogP contribution is -2.13. The third-order valence-electron chi connectivity index (χ3n) is 3.92. The number of primary sulfonamides is 1. The third kappa shape index (κ3) is 3.63. The first kappa shape index (κ1) is 18.2. The Kier molecular flexibility index (Phi) is 4.60. The summed E-state index contributed by atoms with van der Waals surface area (Å²) in [5.74, 6) is 0. The second-order valence-corrected chi connectivity index (χ2v) is 7.19. The first-order valence-corrected chi connectivity index (χ1v) is 9.11. The zero-order chi connectivity index (χ0) is 18.9. The van der Waals surface area contributed by atoms with E-state index in [2.05, 4.69) is 0 Å². The number of benzene rings is 3. The van der Waals surface area contributed by atoms with Crippen LogP contribution in [0.25, 0.3) is 22.3 Å². The molecule has 7 heteroatoms. The summed E-state index contributed by atoms with van der Waals surface area (Å²) in [6.07, 6.45) is -4.44. The van der Waals surface area contributed by atoms with Crippen LogP contribution in [0, 0.1) is 0 Å². The van der Waals surface area contributed by atoms with E-state index in [0.717, 1.165) is 12.1 Å². The van der Waals surface area contributed by atoms with Crippen molar-refractivity contribution in [3.05, 3.63) is 78.4 Å². The molecule has 0 atom stereocenters. The summed E-state index contributed by atoms with van der Waals surface area (Å²) < 4.78 is 62.4. The summed E-state index contributed by atoms with van der Waals surface area (Å²) >= 11 is 0. The summed E-state index contributed by atoms with van der Waals surface area (Å²) in [7, 11) is -4.02. The van der Waals surface area contributed by atoms with Gasteiger partial charge in [0.15, 0.2) is 0 Å². The number of alkyl halides is 3. The molecule has 3 nitrogen and oxygen atoms in total. The van der Waals surface area contributed by atoms with E-state index in [0.29, 0.717) is 22.3 Å². The molecule has 0 spiro atoms. The first-order valence-electron chi connectivity index (χ1n) is 7.57. The highest BCUT2D eigenvalue weighted by Crippen LogP contribution is 2.38. The van der Waals surface area contributed by atoms with Gasteiger partial charge in [-0.3, -0.25) is 0 Å². The molecule has 0 aliphatic rings. The van der Waals surface area contributed by atoms with Crippen molar-refractivity contribution in [2.75, 3.05) is 0 Å². The lowest BCUT2D eigenvalue weighted by molar-refractivity contribution is -0.137. The van der Waals surface area contributed by atoms with Crippen molar-refractivity contribution in [1.82, 2.24) is 0 Å². The van der Waals surface area contributed by atoms with Gasteiger partial charge in [0.25, 0.3) is 0 Å². The van der Waals surface area contributed by atoms with E-state index in [1.165, 1.54) is 24.3 Å². The fourth-order valence-electron chi connectivity index (χ4n) is 2.75. The minimum Gasteiger partial charge on any atom is -0.225 e. The summed E-state index contributed by atoms with van der Waals surface area (Å²) in [6.45, 7) is 0. The largest absolute Gasteiger partial charge is 0.416 e. The van der Waals surface area contributed by atoms with Crippen LogP contribution >= 0.6 is 0 Å². The van der Waals surface area contributed by atoms with Crippen molar-refractivity contribution in [3.63, 3.8) is 0 Å². The molecule has 134 valence electrons. The number of sulfonamides is 1. The molecule has 0 aliphatic carbocycles. The van der Waals surface area contributed by atoms with E-state index in [9.17, 15) is 21.6 Å². The van der Waals surface area contributed by atoms with Crippen LogP contribution in [0.4, 0.5) is 13.2 Å². The third-order valence-corrected chi connectivity index (χ3v) is 4.87. The number of rotatable bonds is 3. The van der Waals surface area contributed by atoms with Crippen LogP contribution in [0.15, 0.2) is 77.7 Å². The van der Waals surface area contributed by atoms with Crippen LogP contribution in [0.1, 0.15) is 5.56 Å². The van der Waals surface area contributed by atoms with E-state index in [4.69, 9.17) is 5.14 Å². The fourth-order valence-corrected chi connectivity index (χ4v) is 3.53. The summed E-state index contributed by atoms with van der Waals surface area (Å²) in [4.78, 5) is -0.0823. The molecule has 0 aliphatic heterocycles. The van der Waals surface area contributed by atoms with Gasteiger partial charge in [0.05, 0.1) is 10.5 Å². The lowest BCUT2D eigenvalue weighted by atomic mass is 9.94. The molecule has 0 heterocycles. The molecular weight excluding hydrogens is 363 g/mol. The average molecular weight is 377 g/mol. The zero-order valence-electron chi connectivity index (χ0n) is 13.4. The SMILES string of the molecule is NS(=O)(=O)c1cccc(-c2ccc(C(F)(F)F)cc2)c1-c1ccccc1. The molecule has 3 aromatic rings. The monoisotopic (exact) mass is 377 g/mol. The van der Waals surface area contributed by atoms with Crippen LogP contribution in [-0.2, 0) is 16.2 Å². The zero-order valence-corrected chi connectivity index (χ0v) is 14.2. The van der Waals surface area contributed by atoms with Crippen molar-refractivity contribution in [2.45, 2.75) is 11.1 Å². The summed E-state index contributed by atoms with van der Waals surface area (Å²) in [5, 5.41) is 5.35. The standard InChI is InChI=1S/C19H14F3NO2S/c20-19(21,22)15-11-9-13(10-12-15)16-7-4-8-17(26(23,24)25)18(16)14-5-2-1-3-6-14/h1-12H,(H2,23,24,25). The highest BCUT2D eigenvalue weighted by molar-refractivity contribution is 7.89. The number of hydrogen-bond acceptors (Lipinski definition) is 2. The molecule has 3 rings (SSSR count). The van der Waals surface area contributed by atoms with Crippen molar-refractivity contribution in [3.8, 4) is 22.3 Å².